The van der Waals surface area contributed by atoms with E-state index < -0.39 is 16.9 Å². The van der Waals surface area contributed by atoms with Crippen LogP contribution in [-0.4, -0.2) is 65.0 Å². The van der Waals surface area contributed by atoms with Gasteiger partial charge in [-0.05, 0) is 55.4 Å². The lowest BCUT2D eigenvalue weighted by Gasteiger charge is -2.43. The molecule has 0 aromatic heterocycles. The summed E-state index contributed by atoms with van der Waals surface area (Å²) in [6.07, 6.45) is -0.695. The Morgan fingerprint density at radius 3 is 1.81 bits per heavy atom. The minimum Gasteiger partial charge on any atom is -0.444 e. The van der Waals surface area contributed by atoms with E-state index in [0.717, 1.165) is 0 Å². The van der Waals surface area contributed by atoms with E-state index in [9.17, 15) is 9.59 Å². The molecule has 1 heterocycles. The lowest BCUT2D eigenvalue weighted by atomic mass is 9.91. The Morgan fingerprint density at radius 2 is 1.33 bits per heavy atom. The molecule has 0 radical (unpaired) electrons. The summed E-state index contributed by atoms with van der Waals surface area (Å²) in [6.45, 7) is 21.1. The van der Waals surface area contributed by atoms with E-state index in [1.807, 2.05) is 69.2 Å². The molecular weight excluding hydrogens is 346 g/mol. The van der Waals surface area contributed by atoms with E-state index in [1.54, 1.807) is 9.80 Å². The number of nitrogens with zero attached hydrogens (tertiary/aromatic N) is 2. The van der Waals surface area contributed by atoms with Crippen molar-refractivity contribution in [3.8, 4) is 0 Å². The van der Waals surface area contributed by atoms with Crippen LogP contribution in [0, 0.1) is 5.41 Å². The van der Waals surface area contributed by atoms with Gasteiger partial charge in [0.15, 0.2) is 0 Å². The molecule has 1 N–H and O–H groups in total. The van der Waals surface area contributed by atoms with Gasteiger partial charge in [-0.25, -0.2) is 9.59 Å². The molecule has 0 aromatic rings. The van der Waals surface area contributed by atoms with Gasteiger partial charge in [-0.1, -0.05) is 13.8 Å². The molecular formula is C20H39N3O4. The zero-order valence-corrected chi connectivity index (χ0v) is 18.9. The standard InChI is InChI=1S/C20H39N3O4/c1-17(2,3)26-15(24)22-12-11-21-20(9,10)23(14-19(7,8)13-22)16(25)27-18(4,5)6/h21H,11-14H2,1-10H3. The van der Waals surface area contributed by atoms with Crippen LogP contribution in [0.3, 0.4) is 0 Å². The van der Waals surface area contributed by atoms with E-state index >= 15 is 0 Å². The Hall–Kier alpha value is -1.50. The van der Waals surface area contributed by atoms with Crippen LogP contribution in [-0.2, 0) is 9.47 Å². The molecule has 1 aliphatic rings. The molecule has 0 spiro atoms. The fraction of sp³-hybridized carbons (Fsp3) is 0.900. The Bertz CT molecular complexity index is 544. The fourth-order valence-corrected chi connectivity index (χ4v) is 2.96. The second-order valence-corrected chi connectivity index (χ2v) is 10.6. The topological polar surface area (TPSA) is 71.1 Å². The number of carbonyl (C=O) groups excluding carboxylic acids is 2. The predicted molar refractivity (Wildman–Crippen MR) is 107 cm³/mol. The van der Waals surface area contributed by atoms with Crippen LogP contribution in [0.4, 0.5) is 9.59 Å². The van der Waals surface area contributed by atoms with Gasteiger partial charge in [-0.3, -0.25) is 10.2 Å². The Labute approximate surface area is 164 Å². The molecule has 0 atom stereocenters. The van der Waals surface area contributed by atoms with Crippen molar-refractivity contribution in [2.75, 3.05) is 26.2 Å². The largest absolute Gasteiger partial charge is 0.444 e. The number of amides is 2. The minimum absolute atomic E-state index is 0.333. The van der Waals surface area contributed by atoms with Crippen molar-refractivity contribution >= 4 is 12.2 Å². The molecule has 1 rings (SSSR count). The van der Waals surface area contributed by atoms with Crippen LogP contribution in [0.5, 0.6) is 0 Å². The number of rotatable bonds is 0. The van der Waals surface area contributed by atoms with Crippen molar-refractivity contribution in [3.05, 3.63) is 0 Å². The van der Waals surface area contributed by atoms with Crippen molar-refractivity contribution in [2.24, 2.45) is 5.41 Å². The van der Waals surface area contributed by atoms with Crippen molar-refractivity contribution in [2.45, 2.75) is 86.1 Å². The van der Waals surface area contributed by atoms with Crippen LogP contribution >= 0.6 is 0 Å². The lowest BCUT2D eigenvalue weighted by Crippen LogP contribution is -2.60. The summed E-state index contributed by atoms with van der Waals surface area (Å²) < 4.78 is 11.2. The average molecular weight is 386 g/mol. The van der Waals surface area contributed by atoms with Crippen LogP contribution in [0.2, 0.25) is 0 Å². The molecule has 158 valence electrons. The summed E-state index contributed by atoms with van der Waals surface area (Å²) in [4.78, 5) is 28.9. The smallest absolute Gasteiger partial charge is 0.411 e. The Balaban J connectivity index is 3.06. The van der Waals surface area contributed by atoms with Crippen molar-refractivity contribution < 1.29 is 19.1 Å². The molecule has 0 unspecified atom stereocenters. The number of carbonyl (C=O) groups is 2. The molecule has 7 nitrogen and oxygen atoms in total. The molecule has 2 amide bonds. The summed E-state index contributed by atoms with van der Waals surface area (Å²) in [5.41, 5.74) is -2.06. The minimum atomic E-state index is -0.608. The summed E-state index contributed by atoms with van der Waals surface area (Å²) in [5.74, 6) is 0. The maximum absolute atomic E-state index is 12.9. The van der Waals surface area contributed by atoms with Gasteiger partial charge in [0, 0.05) is 31.6 Å². The maximum Gasteiger partial charge on any atom is 0.411 e. The maximum atomic E-state index is 12.9. The summed E-state index contributed by atoms with van der Waals surface area (Å²) in [6, 6.07) is 0. The summed E-state index contributed by atoms with van der Waals surface area (Å²) in [5, 5.41) is 3.38. The first kappa shape index (κ1) is 23.5. The summed E-state index contributed by atoms with van der Waals surface area (Å²) >= 11 is 0. The predicted octanol–water partition coefficient (Wildman–Crippen LogP) is 3.83. The van der Waals surface area contributed by atoms with Crippen LogP contribution in [0.1, 0.15) is 69.2 Å². The van der Waals surface area contributed by atoms with Crippen LogP contribution in [0.25, 0.3) is 0 Å². The highest BCUT2D eigenvalue weighted by Crippen LogP contribution is 2.27. The van der Waals surface area contributed by atoms with E-state index in [2.05, 4.69) is 5.32 Å². The molecule has 27 heavy (non-hydrogen) atoms. The van der Waals surface area contributed by atoms with Crippen LogP contribution < -0.4 is 5.32 Å². The molecule has 1 saturated heterocycles. The molecule has 1 aliphatic heterocycles. The molecule has 0 aromatic carbocycles. The van der Waals surface area contributed by atoms with Crippen molar-refractivity contribution in [1.29, 1.82) is 0 Å². The van der Waals surface area contributed by atoms with Gasteiger partial charge >= 0.3 is 12.2 Å². The third-order valence-corrected chi connectivity index (χ3v) is 4.08. The Kier molecular flexibility index (Phi) is 6.85. The molecule has 0 aliphatic carbocycles. The monoisotopic (exact) mass is 385 g/mol. The SMILES string of the molecule is CC1(C)CN(C(=O)OC(C)(C)C)CCNC(C)(C)N(C(=O)OC(C)(C)C)C1. The number of nitrogens with one attached hydrogen (secondary N) is 1. The van der Waals surface area contributed by atoms with E-state index in [1.165, 1.54) is 0 Å². The molecule has 1 fully saturated rings. The van der Waals surface area contributed by atoms with Gasteiger partial charge in [0.1, 0.15) is 11.2 Å². The number of hydrogen-bond acceptors (Lipinski definition) is 5. The first-order valence-corrected chi connectivity index (χ1v) is 9.65. The first-order valence-electron chi connectivity index (χ1n) is 9.65. The van der Waals surface area contributed by atoms with E-state index in [-0.39, 0.29) is 17.6 Å². The zero-order chi connectivity index (χ0) is 21.3. The van der Waals surface area contributed by atoms with E-state index in [0.29, 0.717) is 26.2 Å². The van der Waals surface area contributed by atoms with Gasteiger partial charge < -0.3 is 14.4 Å². The second-order valence-electron chi connectivity index (χ2n) is 10.6. The average Bonchev–Trinajstić information content (AvgIpc) is 2.43. The van der Waals surface area contributed by atoms with Gasteiger partial charge in [-0.2, -0.15) is 0 Å². The van der Waals surface area contributed by atoms with Crippen LogP contribution in [0.15, 0.2) is 0 Å². The zero-order valence-electron chi connectivity index (χ0n) is 18.9. The number of ether oxygens (including phenoxy) is 2. The fourth-order valence-electron chi connectivity index (χ4n) is 2.96. The number of hydrogen-bond donors (Lipinski definition) is 1. The first-order chi connectivity index (χ1) is 11.9. The highest BCUT2D eigenvalue weighted by Gasteiger charge is 2.40. The quantitative estimate of drug-likeness (QED) is 0.686. The molecule has 7 heteroatoms. The Morgan fingerprint density at radius 1 is 0.852 bits per heavy atom. The highest BCUT2D eigenvalue weighted by molar-refractivity contribution is 5.70. The summed E-state index contributed by atoms with van der Waals surface area (Å²) in [7, 11) is 0. The lowest BCUT2D eigenvalue weighted by molar-refractivity contribution is -0.0150. The van der Waals surface area contributed by atoms with Crippen molar-refractivity contribution in [1.82, 2.24) is 15.1 Å². The third kappa shape index (κ3) is 7.95. The van der Waals surface area contributed by atoms with E-state index in [4.69, 9.17) is 9.47 Å². The van der Waals surface area contributed by atoms with Gasteiger partial charge in [0.2, 0.25) is 0 Å². The third-order valence-electron chi connectivity index (χ3n) is 4.08. The second kappa shape index (κ2) is 7.86. The van der Waals surface area contributed by atoms with Gasteiger partial charge in [-0.15, -0.1) is 0 Å². The van der Waals surface area contributed by atoms with Crippen molar-refractivity contribution in [3.63, 3.8) is 0 Å². The van der Waals surface area contributed by atoms with Gasteiger partial charge in [0.25, 0.3) is 0 Å². The molecule has 0 bridgehead atoms. The highest BCUT2D eigenvalue weighted by atomic mass is 16.6. The normalized spacial score (nSPS) is 21.0. The van der Waals surface area contributed by atoms with Gasteiger partial charge in [0.05, 0.1) is 5.66 Å². The molecule has 0 saturated carbocycles.